The van der Waals surface area contributed by atoms with Gasteiger partial charge in [0.05, 0.1) is 23.4 Å². The number of nitrogens with one attached hydrogen (secondary N) is 2. The number of hydrogen-bond acceptors (Lipinski definition) is 4. The number of nitrogens with zero attached hydrogens (tertiary/aromatic N) is 3. The van der Waals surface area contributed by atoms with E-state index < -0.39 is 0 Å². The summed E-state index contributed by atoms with van der Waals surface area (Å²) < 4.78 is 0. The van der Waals surface area contributed by atoms with Gasteiger partial charge < -0.3 is 4.98 Å². The Morgan fingerprint density at radius 1 is 1.26 bits per heavy atom. The highest BCUT2D eigenvalue weighted by Crippen LogP contribution is 2.31. The van der Waals surface area contributed by atoms with Crippen molar-refractivity contribution < 1.29 is 0 Å². The molecule has 0 aliphatic carbocycles. The number of rotatable bonds is 2. The lowest BCUT2D eigenvalue weighted by Gasteiger charge is -2.18. The van der Waals surface area contributed by atoms with Crippen molar-refractivity contribution in [2.24, 2.45) is 0 Å². The van der Waals surface area contributed by atoms with Gasteiger partial charge >= 0.3 is 0 Å². The summed E-state index contributed by atoms with van der Waals surface area (Å²) in [5.41, 5.74) is 8.27. The molecule has 112 valence electrons. The number of H-pyrrole nitrogens is 1. The molecule has 2 N–H and O–H groups in total. The number of hydrazine groups is 1. The molecule has 1 atom stereocenters. The minimum absolute atomic E-state index is 0.168. The lowest BCUT2D eigenvalue weighted by molar-refractivity contribution is 0.691. The molecule has 1 aromatic carbocycles. The van der Waals surface area contributed by atoms with Crippen LogP contribution in [0.4, 0.5) is 5.69 Å². The second kappa shape index (κ2) is 5.27. The number of hydrogen-bond donors (Lipinski definition) is 2. The molecule has 0 fully saturated rings. The Hall–Kier alpha value is -3.10. The first-order chi connectivity index (χ1) is 11.3. The van der Waals surface area contributed by atoms with Crippen LogP contribution in [0.2, 0.25) is 0 Å². The largest absolute Gasteiger partial charge is 0.346 e. The van der Waals surface area contributed by atoms with E-state index >= 15 is 0 Å². The molecule has 0 spiro atoms. The smallest absolute Gasteiger partial charge is 0.137 e. The zero-order chi connectivity index (χ0) is 15.8. The highest BCUT2D eigenvalue weighted by atomic mass is 15.5. The van der Waals surface area contributed by atoms with Gasteiger partial charge in [-0.05, 0) is 48.4 Å². The standard InChI is InChI=1S/C18H15N5/c1-12-17(15-5-7-20-18-16(15)6-8-21-18)11-23(22-12)14-4-2-3-13(9-14)10-19/h2-9,11-12,22H,1H3,(H,20,21)/t12-/m1/s1. The van der Waals surface area contributed by atoms with Crippen LogP contribution >= 0.6 is 0 Å². The van der Waals surface area contributed by atoms with Crippen LogP contribution in [0.1, 0.15) is 18.1 Å². The Morgan fingerprint density at radius 3 is 3.04 bits per heavy atom. The zero-order valence-corrected chi connectivity index (χ0v) is 12.6. The zero-order valence-electron chi connectivity index (χ0n) is 12.6. The molecular weight excluding hydrogens is 286 g/mol. The van der Waals surface area contributed by atoms with E-state index in [9.17, 15) is 0 Å². The van der Waals surface area contributed by atoms with Gasteiger partial charge in [0.2, 0.25) is 0 Å². The number of aromatic amines is 1. The summed E-state index contributed by atoms with van der Waals surface area (Å²) in [6, 6.07) is 14.0. The summed E-state index contributed by atoms with van der Waals surface area (Å²) in [5.74, 6) is 0. The number of benzene rings is 1. The molecule has 0 saturated heterocycles. The second-order valence-electron chi connectivity index (χ2n) is 5.57. The highest BCUT2D eigenvalue weighted by molar-refractivity contribution is 5.92. The average Bonchev–Trinajstić information content (AvgIpc) is 3.21. The molecule has 2 aromatic heterocycles. The van der Waals surface area contributed by atoms with E-state index in [-0.39, 0.29) is 6.04 Å². The van der Waals surface area contributed by atoms with Crippen LogP contribution in [-0.4, -0.2) is 16.0 Å². The first-order valence-electron chi connectivity index (χ1n) is 7.46. The minimum Gasteiger partial charge on any atom is -0.346 e. The summed E-state index contributed by atoms with van der Waals surface area (Å²) in [4.78, 5) is 7.49. The quantitative estimate of drug-likeness (QED) is 0.763. The molecule has 1 aliphatic heterocycles. The van der Waals surface area contributed by atoms with Gasteiger partial charge in [-0.2, -0.15) is 5.26 Å². The van der Waals surface area contributed by atoms with Gasteiger partial charge in [0.25, 0.3) is 0 Å². The molecule has 0 saturated carbocycles. The summed E-state index contributed by atoms with van der Waals surface area (Å²) in [5, 5.41) is 12.1. The molecule has 4 rings (SSSR count). The fourth-order valence-electron chi connectivity index (χ4n) is 2.96. The summed E-state index contributed by atoms with van der Waals surface area (Å²) in [6.45, 7) is 2.12. The molecule has 1 aliphatic rings. The van der Waals surface area contributed by atoms with Crippen LogP contribution < -0.4 is 10.4 Å². The number of nitriles is 1. The Kier molecular flexibility index (Phi) is 3.11. The summed E-state index contributed by atoms with van der Waals surface area (Å²) >= 11 is 0. The van der Waals surface area contributed by atoms with Crippen molar-refractivity contribution in [2.45, 2.75) is 13.0 Å². The van der Waals surface area contributed by atoms with E-state index in [4.69, 9.17) is 5.26 Å². The van der Waals surface area contributed by atoms with Gasteiger partial charge in [0.15, 0.2) is 0 Å². The molecular formula is C18H15N5. The van der Waals surface area contributed by atoms with Crippen LogP contribution in [-0.2, 0) is 0 Å². The molecule has 0 amide bonds. The lowest BCUT2D eigenvalue weighted by Crippen LogP contribution is -2.34. The fraction of sp³-hybridized carbons (Fsp3) is 0.111. The summed E-state index contributed by atoms with van der Waals surface area (Å²) in [7, 11) is 0. The second-order valence-corrected chi connectivity index (χ2v) is 5.57. The molecule has 5 heteroatoms. The third-order valence-corrected chi connectivity index (χ3v) is 4.09. The van der Waals surface area contributed by atoms with E-state index in [1.807, 2.05) is 47.7 Å². The third kappa shape index (κ3) is 2.26. The molecule has 0 bridgehead atoms. The molecule has 0 radical (unpaired) electrons. The van der Waals surface area contributed by atoms with Gasteiger partial charge in [-0.15, -0.1) is 0 Å². The van der Waals surface area contributed by atoms with Crippen LogP contribution in [0.3, 0.4) is 0 Å². The fourth-order valence-corrected chi connectivity index (χ4v) is 2.96. The SMILES string of the molecule is C[C@H]1NN(c2cccc(C#N)c2)C=C1c1ccnc2[nH]ccc12. The maximum Gasteiger partial charge on any atom is 0.137 e. The number of aromatic nitrogens is 2. The number of anilines is 1. The van der Waals surface area contributed by atoms with E-state index in [2.05, 4.69) is 34.6 Å². The lowest BCUT2D eigenvalue weighted by atomic mass is 10.0. The van der Waals surface area contributed by atoms with Gasteiger partial charge in [0.1, 0.15) is 5.65 Å². The van der Waals surface area contributed by atoms with E-state index in [0.717, 1.165) is 22.3 Å². The van der Waals surface area contributed by atoms with Crippen LogP contribution in [0.15, 0.2) is 55.0 Å². The molecule has 23 heavy (non-hydrogen) atoms. The first kappa shape index (κ1) is 13.6. The minimum atomic E-state index is 0.168. The number of fused-ring (bicyclic) bond motifs is 1. The van der Waals surface area contributed by atoms with E-state index in [1.165, 1.54) is 5.57 Å². The molecule has 3 heterocycles. The van der Waals surface area contributed by atoms with Gasteiger partial charge in [-0.3, -0.25) is 5.01 Å². The first-order valence-corrected chi connectivity index (χ1v) is 7.46. The predicted molar refractivity (Wildman–Crippen MR) is 90.3 cm³/mol. The van der Waals surface area contributed by atoms with Crippen molar-refractivity contribution in [1.29, 1.82) is 5.26 Å². The Morgan fingerprint density at radius 2 is 2.17 bits per heavy atom. The van der Waals surface area contributed by atoms with Gasteiger partial charge in [-0.1, -0.05) is 6.07 Å². The molecule has 5 nitrogen and oxygen atoms in total. The average molecular weight is 301 g/mol. The predicted octanol–water partition coefficient (Wildman–Crippen LogP) is 3.19. The summed E-state index contributed by atoms with van der Waals surface area (Å²) in [6.07, 6.45) is 5.81. The molecule has 3 aromatic rings. The van der Waals surface area contributed by atoms with Crippen molar-refractivity contribution in [2.75, 3.05) is 5.01 Å². The van der Waals surface area contributed by atoms with E-state index in [1.54, 1.807) is 6.07 Å². The maximum atomic E-state index is 9.07. The Labute approximate surface area is 133 Å². The maximum absolute atomic E-state index is 9.07. The van der Waals surface area contributed by atoms with Crippen molar-refractivity contribution in [1.82, 2.24) is 15.4 Å². The Bertz CT molecular complexity index is 947. The third-order valence-electron chi connectivity index (χ3n) is 4.09. The Balaban J connectivity index is 1.77. The van der Waals surface area contributed by atoms with Crippen molar-refractivity contribution in [3.05, 3.63) is 66.1 Å². The van der Waals surface area contributed by atoms with Crippen LogP contribution in [0.5, 0.6) is 0 Å². The van der Waals surface area contributed by atoms with E-state index in [0.29, 0.717) is 5.56 Å². The monoisotopic (exact) mass is 301 g/mol. The van der Waals surface area contributed by atoms with Crippen molar-refractivity contribution in [3.8, 4) is 6.07 Å². The van der Waals surface area contributed by atoms with Crippen LogP contribution in [0.25, 0.3) is 16.6 Å². The van der Waals surface area contributed by atoms with Crippen LogP contribution in [0, 0.1) is 11.3 Å². The highest BCUT2D eigenvalue weighted by Gasteiger charge is 2.23. The topological polar surface area (TPSA) is 67.7 Å². The van der Waals surface area contributed by atoms with Gasteiger partial charge in [-0.25, -0.2) is 10.4 Å². The molecule has 0 unspecified atom stereocenters. The van der Waals surface area contributed by atoms with Gasteiger partial charge in [0, 0.05) is 24.0 Å². The van der Waals surface area contributed by atoms with Crippen molar-refractivity contribution in [3.63, 3.8) is 0 Å². The van der Waals surface area contributed by atoms with Crippen molar-refractivity contribution >= 4 is 22.3 Å². The normalized spacial score (nSPS) is 17.3. The number of pyridine rings is 1.